The molecule has 0 amide bonds. The van der Waals surface area contributed by atoms with Crippen LogP contribution in [0.1, 0.15) is 43.5 Å². The van der Waals surface area contributed by atoms with Crippen LogP contribution in [0.2, 0.25) is 0 Å². The van der Waals surface area contributed by atoms with E-state index in [4.69, 9.17) is 4.98 Å². The molecule has 2 heterocycles. The standard InChI is InChI=1S/C15H25N3/c1-5-18-11-7-6-8-14(18)13-9-10-15(17(3)4)16-12(13)2/h9-10,14H,5-8,11H2,1-4H3/t14-/m0/s1. The molecule has 0 aromatic carbocycles. The van der Waals surface area contributed by atoms with E-state index in [0.717, 1.165) is 12.4 Å². The number of hydrogen-bond acceptors (Lipinski definition) is 3. The summed E-state index contributed by atoms with van der Waals surface area (Å²) in [6.07, 6.45) is 3.96. The second-order valence-electron chi connectivity index (χ2n) is 5.38. The van der Waals surface area contributed by atoms with Gasteiger partial charge in [0, 0.05) is 25.8 Å². The smallest absolute Gasteiger partial charge is 0.128 e. The van der Waals surface area contributed by atoms with Gasteiger partial charge in [0.05, 0.1) is 0 Å². The highest BCUT2D eigenvalue weighted by Gasteiger charge is 2.24. The third-order valence-corrected chi connectivity index (χ3v) is 3.95. The first-order chi connectivity index (χ1) is 8.63. The van der Waals surface area contributed by atoms with Crippen molar-refractivity contribution in [3.05, 3.63) is 23.4 Å². The number of piperidine rings is 1. The number of aryl methyl sites for hydroxylation is 1. The van der Waals surface area contributed by atoms with Crippen LogP contribution in [-0.2, 0) is 0 Å². The lowest BCUT2D eigenvalue weighted by Crippen LogP contribution is -2.33. The molecule has 0 radical (unpaired) electrons. The zero-order chi connectivity index (χ0) is 13.1. The predicted molar refractivity (Wildman–Crippen MR) is 77.1 cm³/mol. The normalized spacial score (nSPS) is 21.0. The summed E-state index contributed by atoms with van der Waals surface area (Å²) >= 11 is 0. The molecule has 3 heteroatoms. The van der Waals surface area contributed by atoms with Crippen LogP contribution in [-0.4, -0.2) is 37.1 Å². The maximum Gasteiger partial charge on any atom is 0.128 e. The van der Waals surface area contributed by atoms with Crippen molar-refractivity contribution in [2.75, 3.05) is 32.1 Å². The van der Waals surface area contributed by atoms with Crippen molar-refractivity contribution in [2.24, 2.45) is 0 Å². The van der Waals surface area contributed by atoms with Gasteiger partial charge >= 0.3 is 0 Å². The van der Waals surface area contributed by atoms with Gasteiger partial charge in [-0.2, -0.15) is 0 Å². The molecule has 0 aliphatic carbocycles. The van der Waals surface area contributed by atoms with Gasteiger partial charge in [0.2, 0.25) is 0 Å². The van der Waals surface area contributed by atoms with Crippen molar-refractivity contribution >= 4 is 5.82 Å². The number of likely N-dealkylation sites (tertiary alicyclic amines) is 1. The van der Waals surface area contributed by atoms with Gasteiger partial charge in [0.25, 0.3) is 0 Å². The van der Waals surface area contributed by atoms with Crippen molar-refractivity contribution < 1.29 is 0 Å². The molecule has 1 atom stereocenters. The molecule has 1 aromatic heterocycles. The number of nitrogens with zero attached hydrogens (tertiary/aromatic N) is 3. The summed E-state index contributed by atoms with van der Waals surface area (Å²) in [7, 11) is 4.08. The van der Waals surface area contributed by atoms with Crippen LogP contribution in [0.3, 0.4) is 0 Å². The first-order valence-electron chi connectivity index (χ1n) is 7.02. The van der Waals surface area contributed by atoms with Crippen LogP contribution in [0, 0.1) is 6.92 Å². The largest absolute Gasteiger partial charge is 0.363 e. The fourth-order valence-corrected chi connectivity index (χ4v) is 2.88. The number of aromatic nitrogens is 1. The molecule has 0 N–H and O–H groups in total. The topological polar surface area (TPSA) is 19.4 Å². The lowest BCUT2D eigenvalue weighted by atomic mass is 9.94. The van der Waals surface area contributed by atoms with Crippen LogP contribution in [0.25, 0.3) is 0 Å². The molecule has 0 unspecified atom stereocenters. The van der Waals surface area contributed by atoms with Crippen molar-refractivity contribution in [3.8, 4) is 0 Å². The van der Waals surface area contributed by atoms with E-state index >= 15 is 0 Å². The van der Waals surface area contributed by atoms with E-state index in [1.807, 2.05) is 14.1 Å². The van der Waals surface area contributed by atoms with Crippen molar-refractivity contribution in [2.45, 2.75) is 39.2 Å². The zero-order valence-corrected chi connectivity index (χ0v) is 12.1. The van der Waals surface area contributed by atoms with E-state index in [2.05, 4.69) is 35.8 Å². The first-order valence-corrected chi connectivity index (χ1v) is 7.02. The second kappa shape index (κ2) is 5.70. The minimum absolute atomic E-state index is 0.576. The summed E-state index contributed by atoms with van der Waals surface area (Å²) in [4.78, 5) is 9.37. The lowest BCUT2D eigenvalue weighted by molar-refractivity contribution is 0.156. The Morgan fingerprint density at radius 2 is 2.11 bits per heavy atom. The van der Waals surface area contributed by atoms with E-state index in [0.29, 0.717) is 6.04 Å². The molecule has 0 saturated carbocycles. The SMILES string of the molecule is CCN1CCCC[C@H]1c1ccc(N(C)C)nc1C. The minimum Gasteiger partial charge on any atom is -0.363 e. The molecule has 3 nitrogen and oxygen atoms in total. The van der Waals surface area contributed by atoms with Gasteiger partial charge in [-0.05, 0) is 44.5 Å². The Balaban J connectivity index is 2.26. The Hall–Kier alpha value is -1.09. The summed E-state index contributed by atoms with van der Waals surface area (Å²) in [5.74, 6) is 1.05. The van der Waals surface area contributed by atoms with Crippen LogP contribution in [0.4, 0.5) is 5.82 Å². The Morgan fingerprint density at radius 1 is 1.33 bits per heavy atom. The van der Waals surface area contributed by atoms with Gasteiger partial charge in [0.1, 0.15) is 5.82 Å². The van der Waals surface area contributed by atoms with E-state index in [-0.39, 0.29) is 0 Å². The first kappa shape index (κ1) is 13.3. The van der Waals surface area contributed by atoms with Gasteiger partial charge in [-0.25, -0.2) is 4.98 Å². The summed E-state index contributed by atoms with van der Waals surface area (Å²) in [5, 5.41) is 0. The van der Waals surface area contributed by atoms with Gasteiger partial charge in [0.15, 0.2) is 0 Å². The molecular formula is C15H25N3. The summed E-state index contributed by atoms with van der Waals surface area (Å²) in [5.41, 5.74) is 2.61. The fraction of sp³-hybridized carbons (Fsp3) is 0.667. The Bertz CT molecular complexity index is 401. The minimum atomic E-state index is 0.576. The van der Waals surface area contributed by atoms with Crippen molar-refractivity contribution in [3.63, 3.8) is 0 Å². The molecule has 2 rings (SSSR count). The molecule has 1 aliphatic rings. The van der Waals surface area contributed by atoms with Gasteiger partial charge in [-0.3, -0.25) is 4.90 Å². The number of anilines is 1. The Kier molecular flexibility index (Phi) is 4.23. The molecule has 18 heavy (non-hydrogen) atoms. The monoisotopic (exact) mass is 247 g/mol. The average Bonchev–Trinajstić information content (AvgIpc) is 2.38. The quantitative estimate of drug-likeness (QED) is 0.818. The number of pyridine rings is 1. The van der Waals surface area contributed by atoms with Gasteiger partial charge < -0.3 is 4.90 Å². The molecule has 100 valence electrons. The van der Waals surface area contributed by atoms with E-state index in [1.54, 1.807) is 0 Å². The molecule has 1 fully saturated rings. The lowest BCUT2D eigenvalue weighted by Gasteiger charge is -2.35. The number of rotatable bonds is 3. The van der Waals surface area contributed by atoms with Crippen LogP contribution in [0.15, 0.2) is 12.1 Å². The highest BCUT2D eigenvalue weighted by molar-refractivity contribution is 5.41. The van der Waals surface area contributed by atoms with Crippen molar-refractivity contribution in [1.82, 2.24) is 9.88 Å². The van der Waals surface area contributed by atoms with Crippen LogP contribution >= 0.6 is 0 Å². The molecule has 1 saturated heterocycles. The van der Waals surface area contributed by atoms with Crippen molar-refractivity contribution in [1.29, 1.82) is 0 Å². The summed E-state index contributed by atoms with van der Waals surface area (Å²) in [6, 6.07) is 4.99. The van der Waals surface area contributed by atoms with E-state index in [1.165, 1.54) is 37.1 Å². The maximum atomic E-state index is 4.72. The number of hydrogen-bond donors (Lipinski definition) is 0. The highest BCUT2D eigenvalue weighted by atomic mass is 15.2. The molecule has 1 aromatic rings. The van der Waals surface area contributed by atoms with E-state index < -0.39 is 0 Å². The highest BCUT2D eigenvalue weighted by Crippen LogP contribution is 2.32. The third kappa shape index (κ3) is 2.66. The summed E-state index contributed by atoms with van der Waals surface area (Å²) in [6.45, 7) is 6.77. The second-order valence-corrected chi connectivity index (χ2v) is 5.38. The third-order valence-electron chi connectivity index (χ3n) is 3.95. The maximum absolute atomic E-state index is 4.72. The molecule has 0 bridgehead atoms. The molecule has 1 aliphatic heterocycles. The zero-order valence-electron chi connectivity index (χ0n) is 12.1. The average molecular weight is 247 g/mol. The molecule has 0 spiro atoms. The Labute approximate surface area is 111 Å². The van der Waals surface area contributed by atoms with Crippen LogP contribution < -0.4 is 4.90 Å². The van der Waals surface area contributed by atoms with Gasteiger partial charge in [-0.15, -0.1) is 0 Å². The summed E-state index contributed by atoms with van der Waals surface area (Å²) < 4.78 is 0. The fourth-order valence-electron chi connectivity index (χ4n) is 2.88. The van der Waals surface area contributed by atoms with Crippen LogP contribution in [0.5, 0.6) is 0 Å². The van der Waals surface area contributed by atoms with Gasteiger partial charge in [-0.1, -0.05) is 19.4 Å². The Morgan fingerprint density at radius 3 is 2.72 bits per heavy atom. The predicted octanol–water partition coefficient (Wildman–Crippen LogP) is 3.00. The van der Waals surface area contributed by atoms with E-state index in [9.17, 15) is 0 Å². The molecular weight excluding hydrogens is 222 g/mol.